The topological polar surface area (TPSA) is 46.3 Å². The molecule has 0 radical (unpaired) electrons. The van der Waals surface area contributed by atoms with E-state index in [1.54, 1.807) is 0 Å². The molecule has 0 spiro atoms. The number of hydrogen-bond acceptors (Lipinski definition) is 3. The third-order valence-corrected chi connectivity index (χ3v) is 7.65. The van der Waals surface area contributed by atoms with Gasteiger partial charge in [-0.1, -0.05) is 93.1 Å². The first-order valence-corrected chi connectivity index (χ1v) is 14.2. The summed E-state index contributed by atoms with van der Waals surface area (Å²) < 4.78 is 6.58. The molecule has 0 unspecified atom stereocenters. The van der Waals surface area contributed by atoms with Crippen LogP contribution in [0.2, 0.25) is 0 Å². The third-order valence-electron chi connectivity index (χ3n) is 7.65. The first-order chi connectivity index (χ1) is 18.7. The van der Waals surface area contributed by atoms with E-state index < -0.39 is 0 Å². The molecule has 3 aromatic carbocycles. The Balaban J connectivity index is 1.41. The molecule has 1 saturated carbocycles. The number of amides is 1. The molecule has 4 heteroatoms. The van der Waals surface area contributed by atoms with Crippen molar-refractivity contribution in [1.29, 1.82) is 0 Å². The molecule has 0 bridgehead atoms. The zero-order valence-corrected chi connectivity index (χ0v) is 22.6. The molecule has 1 heterocycles. The standard InChI is InChI=1S/C34H38N2O2/c1-3-21-36(22-4-2)34(37)29-19-11-13-25(24-29)23-28-18-12-20-30(28)33-35-31(26-14-7-5-8-15-26)32(38-33)27-16-9-6-10-17-27/h5-11,13-17,19,24,28,30H,3-4,12,18,20-23H2,1-2H3/t28-,30+/m0/s1. The van der Waals surface area contributed by atoms with Crippen molar-refractivity contribution in [2.45, 2.75) is 58.3 Å². The fourth-order valence-electron chi connectivity index (χ4n) is 5.85. The van der Waals surface area contributed by atoms with E-state index in [-0.39, 0.29) is 11.8 Å². The minimum absolute atomic E-state index is 0.145. The summed E-state index contributed by atoms with van der Waals surface area (Å²) in [5, 5.41) is 0. The van der Waals surface area contributed by atoms with Crippen LogP contribution < -0.4 is 0 Å². The minimum atomic E-state index is 0.145. The molecule has 0 aliphatic heterocycles. The summed E-state index contributed by atoms with van der Waals surface area (Å²) in [6.07, 6.45) is 6.26. The highest BCUT2D eigenvalue weighted by molar-refractivity contribution is 5.94. The second kappa shape index (κ2) is 12.3. The fraction of sp³-hybridized carbons (Fsp3) is 0.353. The molecule has 1 aliphatic carbocycles. The highest BCUT2D eigenvalue weighted by atomic mass is 16.4. The predicted octanol–water partition coefficient (Wildman–Crippen LogP) is 8.40. The van der Waals surface area contributed by atoms with E-state index in [4.69, 9.17) is 9.40 Å². The maximum atomic E-state index is 13.2. The quantitative estimate of drug-likeness (QED) is 0.217. The monoisotopic (exact) mass is 506 g/mol. The Morgan fingerprint density at radius 2 is 1.55 bits per heavy atom. The van der Waals surface area contributed by atoms with Gasteiger partial charge in [-0.15, -0.1) is 0 Å². The Morgan fingerprint density at radius 1 is 0.868 bits per heavy atom. The largest absolute Gasteiger partial charge is 0.440 e. The average molecular weight is 507 g/mol. The summed E-state index contributed by atoms with van der Waals surface area (Å²) >= 11 is 0. The van der Waals surface area contributed by atoms with Gasteiger partial charge in [-0.25, -0.2) is 4.98 Å². The number of rotatable bonds is 10. The average Bonchev–Trinajstić information content (AvgIpc) is 3.61. The lowest BCUT2D eigenvalue weighted by molar-refractivity contribution is 0.0755. The molecule has 4 nitrogen and oxygen atoms in total. The van der Waals surface area contributed by atoms with Crippen molar-refractivity contribution in [3.63, 3.8) is 0 Å². The van der Waals surface area contributed by atoms with Gasteiger partial charge < -0.3 is 9.32 Å². The van der Waals surface area contributed by atoms with Crippen LogP contribution in [0.4, 0.5) is 0 Å². The SMILES string of the molecule is CCCN(CCC)C(=O)c1cccc(C[C@@H]2CCC[C@H]2c2nc(-c3ccccc3)c(-c3ccccc3)o2)c1. The van der Waals surface area contributed by atoms with Crippen LogP contribution in [0, 0.1) is 5.92 Å². The van der Waals surface area contributed by atoms with Crippen molar-refractivity contribution in [1.82, 2.24) is 9.88 Å². The normalized spacial score (nSPS) is 17.0. The summed E-state index contributed by atoms with van der Waals surface area (Å²) in [5.41, 5.74) is 5.06. The van der Waals surface area contributed by atoms with Gasteiger partial charge in [-0.2, -0.15) is 0 Å². The molecule has 0 N–H and O–H groups in total. The Kier molecular flexibility index (Phi) is 8.37. The molecule has 4 aromatic rings. The molecule has 1 aliphatic rings. The van der Waals surface area contributed by atoms with Gasteiger partial charge in [0.2, 0.25) is 0 Å². The molecule has 0 saturated heterocycles. The number of nitrogens with zero attached hydrogens (tertiary/aromatic N) is 2. The molecule has 1 amide bonds. The fourth-order valence-corrected chi connectivity index (χ4v) is 5.85. The van der Waals surface area contributed by atoms with Crippen LogP contribution in [-0.4, -0.2) is 28.9 Å². The van der Waals surface area contributed by atoms with Gasteiger partial charge in [-0.3, -0.25) is 4.79 Å². The van der Waals surface area contributed by atoms with Gasteiger partial charge in [0, 0.05) is 35.7 Å². The molecular weight excluding hydrogens is 468 g/mol. The number of carbonyl (C=O) groups is 1. The maximum Gasteiger partial charge on any atom is 0.253 e. The van der Waals surface area contributed by atoms with E-state index in [0.29, 0.717) is 5.92 Å². The van der Waals surface area contributed by atoms with Crippen LogP contribution in [0.15, 0.2) is 89.3 Å². The molecule has 196 valence electrons. The van der Waals surface area contributed by atoms with E-state index in [2.05, 4.69) is 50.2 Å². The first-order valence-electron chi connectivity index (χ1n) is 14.2. The summed E-state index contributed by atoms with van der Waals surface area (Å²) in [6.45, 7) is 5.86. The zero-order chi connectivity index (χ0) is 26.3. The molecule has 2 atom stereocenters. The van der Waals surface area contributed by atoms with Gasteiger partial charge in [0.05, 0.1) is 0 Å². The van der Waals surface area contributed by atoms with Crippen molar-refractivity contribution in [2.75, 3.05) is 13.1 Å². The van der Waals surface area contributed by atoms with Crippen LogP contribution in [0.5, 0.6) is 0 Å². The number of aromatic nitrogens is 1. The van der Waals surface area contributed by atoms with Crippen molar-refractivity contribution in [2.24, 2.45) is 5.92 Å². The maximum absolute atomic E-state index is 13.2. The van der Waals surface area contributed by atoms with Crippen LogP contribution in [0.25, 0.3) is 22.6 Å². The molecule has 5 rings (SSSR count). The van der Waals surface area contributed by atoms with E-state index in [9.17, 15) is 4.79 Å². The summed E-state index contributed by atoms with van der Waals surface area (Å²) in [5.74, 6) is 2.54. The summed E-state index contributed by atoms with van der Waals surface area (Å²) in [6, 6.07) is 28.9. The van der Waals surface area contributed by atoms with E-state index >= 15 is 0 Å². The molecule has 1 aromatic heterocycles. The van der Waals surface area contributed by atoms with E-state index in [0.717, 1.165) is 79.2 Å². The molecular formula is C34H38N2O2. The van der Waals surface area contributed by atoms with Crippen LogP contribution in [0.3, 0.4) is 0 Å². The van der Waals surface area contributed by atoms with Crippen molar-refractivity contribution in [3.8, 4) is 22.6 Å². The number of oxazole rings is 1. The van der Waals surface area contributed by atoms with Gasteiger partial charge in [0.1, 0.15) is 5.69 Å². The van der Waals surface area contributed by atoms with E-state index in [1.807, 2.05) is 53.4 Å². The summed E-state index contributed by atoms with van der Waals surface area (Å²) in [4.78, 5) is 20.3. The molecule has 1 fully saturated rings. The summed E-state index contributed by atoms with van der Waals surface area (Å²) in [7, 11) is 0. The smallest absolute Gasteiger partial charge is 0.253 e. The Morgan fingerprint density at radius 3 is 2.24 bits per heavy atom. The highest BCUT2D eigenvalue weighted by Gasteiger charge is 2.34. The van der Waals surface area contributed by atoms with Gasteiger partial charge in [0.25, 0.3) is 5.91 Å². The number of carbonyl (C=O) groups excluding carboxylic acids is 1. The van der Waals surface area contributed by atoms with Crippen LogP contribution in [-0.2, 0) is 6.42 Å². The lowest BCUT2D eigenvalue weighted by atomic mass is 9.89. The van der Waals surface area contributed by atoms with Crippen LogP contribution >= 0.6 is 0 Å². The Labute approximate surface area is 226 Å². The van der Waals surface area contributed by atoms with E-state index in [1.165, 1.54) is 12.0 Å². The van der Waals surface area contributed by atoms with Crippen molar-refractivity contribution < 1.29 is 9.21 Å². The van der Waals surface area contributed by atoms with Crippen LogP contribution in [0.1, 0.15) is 73.7 Å². The Hall–Kier alpha value is -3.66. The number of benzene rings is 3. The van der Waals surface area contributed by atoms with Crippen molar-refractivity contribution in [3.05, 3.63) is 102 Å². The number of hydrogen-bond donors (Lipinski definition) is 0. The third kappa shape index (κ3) is 5.75. The van der Waals surface area contributed by atoms with Gasteiger partial charge in [0.15, 0.2) is 11.7 Å². The zero-order valence-electron chi connectivity index (χ0n) is 22.6. The van der Waals surface area contributed by atoms with Gasteiger partial charge in [-0.05, 0) is 55.7 Å². The minimum Gasteiger partial charge on any atom is -0.440 e. The molecule has 38 heavy (non-hydrogen) atoms. The first kappa shape index (κ1) is 26.0. The highest BCUT2D eigenvalue weighted by Crippen LogP contribution is 2.44. The second-order valence-corrected chi connectivity index (χ2v) is 10.5. The van der Waals surface area contributed by atoms with Crippen molar-refractivity contribution >= 4 is 5.91 Å². The Bertz CT molecular complexity index is 1270. The second-order valence-electron chi connectivity index (χ2n) is 10.5. The lowest BCUT2D eigenvalue weighted by Gasteiger charge is -2.22. The predicted molar refractivity (Wildman–Crippen MR) is 154 cm³/mol. The van der Waals surface area contributed by atoms with Gasteiger partial charge >= 0.3 is 0 Å². The lowest BCUT2D eigenvalue weighted by Crippen LogP contribution is -2.32.